The maximum atomic E-state index is 11.0. The minimum Gasteiger partial charge on any atom is -0.377 e. The third kappa shape index (κ3) is 12.3. The fourth-order valence-electron chi connectivity index (χ4n) is 3.93. The van der Waals surface area contributed by atoms with Crippen LogP contribution in [0.3, 0.4) is 0 Å². The number of anilines is 2. The molecule has 2 aromatic rings. The highest BCUT2D eigenvalue weighted by molar-refractivity contribution is 5.75. The number of carbonyl (C=O) groups is 1. The number of carbonyl (C=O) groups excluding carboxylic acids is 1. The molecule has 38 heavy (non-hydrogen) atoms. The number of nitrogens with zero attached hydrogens (tertiary/aromatic N) is 2. The highest BCUT2D eigenvalue weighted by Gasteiger charge is 2.08. The number of rotatable bonds is 3. The summed E-state index contributed by atoms with van der Waals surface area (Å²) in [6.07, 6.45) is 0.849. The van der Waals surface area contributed by atoms with Crippen LogP contribution in [0.4, 0.5) is 11.4 Å². The molecule has 2 aromatic carbocycles. The normalized spacial score (nSPS) is 19.4. The van der Waals surface area contributed by atoms with Crippen molar-refractivity contribution in [1.29, 1.82) is 0 Å². The average molecular weight is 531 g/mol. The van der Waals surface area contributed by atoms with Crippen LogP contribution in [0.5, 0.6) is 0 Å². The smallest absolute Gasteiger partial charge is 0.150 e. The number of ether oxygens (including phenoxy) is 6. The molecule has 210 valence electrons. The van der Waals surface area contributed by atoms with Crippen LogP contribution in [0.25, 0.3) is 0 Å². The fraction of sp³-hybridized carbons (Fsp3) is 0.552. The van der Waals surface area contributed by atoms with Crippen molar-refractivity contribution in [3.05, 3.63) is 60.2 Å². The van der Waals surface area contributed by atoms with E-state index in [4.69, 9.17) is 28.4 Å². The van der Waals surface area contributed by atoms with Gasteiger partial charge in [-0.25, -0.2) is 0 Å². The zero-order valence-corrected chi connectivity index (χ0v) is 22.3. The maximum absolute atomic E-state index is 11.0. The van der Waals surface area contributed by atoms with Crippen LogP contribution < -0.4 is 9.80 Å². The van der Waals surface area contributed by atoms with E-state index in [9.17, 15) is 4.79 Å². The Bertz CT molecular complexity index is 828. The average Bonchev–Trinajstić information content (AvgIpc) is 2.96. The van der Waals surface area contributed by atoms with Crippen molar-refractivity contribution < 1.29 is 33.2 Å². The lowest BCUT2D eigenvalue weighted by atomic mass is 10.2. The minimum absolute atomic E-state index is 0.521. The van der Waals surface area contributed by atoms with E-state index in [1.54, 1.807) is 0 Å². The van der Waals surface area contributed by atoms with Gasteiger partial charge in [0.15, 0.2) is 0 Å². The van der Waals surface area contributed by atoms with E-state index in [2.05, 4.69) is 21.9 Å². The van der Waals surface area contributed by atoms with Gasteiger partial charge in [0.25, 0.3) is 0 Å². The lowest BCUT2D eigenvalue weighted by Gasteiger charge is -2.25. The van der Waals surface area contributed by atoms with Gasteiger partial charge >= 0.3 is 0 Å². The van der Waals surface area contributed by atoms with Crippen molar-refractivity contribution in [3.63, 3.8) is 0 Å². The van der Waals surface area contributed by atoms with Gasteiger partial charge in [-0.15, -0.1) is 0 Å². The largest absolute Gasteiger partial charge is 0.377 e. The molecule has 0 saturated carbocycles. The molecule has 1 heterocycles. The number of hydrogen-bond acceptors (Lipinski definition) is 9. The summed E-state index contributed by atoms with van der Waals surface area (Å²) in [5.41, 5.74) is 2.83. The van der Waals surface area contributed by atoms with Crippen LogP contribution in [0, 0.1) is 0 Å². The van der Waals surface area contributed by atoms with Crippen molar-refractivity contribution in [2.45, 2.75) is 0 Å². The lowest BCUT2D eigenvalue weighted by molar-refractivity contribution is 0.0126. The van der Waals surface area contributed by atoms with Crippen LogP contribution in [0.15, 0.2) is 54.6 Å². The molecule has 1 aliphatic rings. The van der Waals surface area contributed by atoms with Crippen LogP contribution in [-0.4, -0.2) is 112 Å². The molecule has 0 radical (unpaired) electrons. The molecule has 0 unspecified atom stereocenters. The number of hydrogen-bond donors (Lipinski definition) is 0. The van der Waals surface area contributed by atoms with Crippen LogP contribution >= 0.6 is 0 Å². The van der Waals surface area contributed by atoms with Gasteiger partial charge in [0, 0.05) is 43.1 Å². The molecule has 0 amide bonds. The zero-order valence-electron chi connectivity index (χ0n) is 22.3. The first-order valence-electron chi connectivity index (χ1n) is 13.4. The van der Waals surface area contributed by atoms with E-state index in [1.165, 1.54) is 0 Å². The monoisotopic (exact) mass is 530 g/mol. The van der Waals surface area contributed by atoms with Gasteiger partial charge < -0.3 is 38.2 Å². The molecule has 1 aliphatic heterocycles. The van der Waals surface area contributed by atoms with E-state index in [-0.39, 0.29) is 0 Å². The Hall–Kier alpha value is -2.53. The molecule has 0 N–H and O–H groups in total. The Morgan fingerprint density at radius 2 is 0.789 bits per heavy atom. The Balaban J connectivity index is 1.44. The highest BCUT2D eigenvalue weighted by Crippen LogP contribution is 2.15. The maximum Gasteiger partial charge on any atom is 0.150 e. The Morgan fingerprint density at radius 3 is 1.16 bits per heavy atom. The first kappa shape index (κ1) is 30.0. The summed E-state index contributed by atoms with van der Waals surface area (Å²) in [7, 11) is 0. The molecule has 9 heteroatoms. The summed E-state index contributed by atoms with van der Waals surface area (Å²) in [4.78, 5) is 15.4. The van der Waals surface area contributed by atoms with Crippen molar-refractivity contribution in [1.82, 2.24) is 0 Å². The zero-order chi connectivity index (χ0) is 26.5. The second-order valence-electron chi connectivity index (χ2n) is 8.69. The van der Waals surface area contributed by atoms with Crippen LogP contribution in [0.2, 0.25) is 0 Å². The summed E-state index contributed by atoms with van der Waals surface area (Å²) < 4.78 is 34.5. The van der Waals surface area contributed by atoms with E-state index >= 15 is 0 Å². The third-order valence-corrected chi connectivity index (χ3v) is 6.03. The minimum atomic E-state index is 0.521. The molecule has 1 fully saturated rings. The van der Waals surface area contributed by atoms with Crippen molar-refractivity contribution >= 4 is 17.7 Å². The van der Waals surface area contributed by atoms with Crippen molar-refractivity contribution in [2.24, 2.45) is 0 Å². The lowest BCUT2D eigenvalue weighted by Crippen LogP contribution is -2.32. The van der Waals surface area contributed by atoms with E-state index in [0.717, 1.165) is 30.8 Å². The van der Waals surface area contributed by atoms with Crippen molar-refractivity contribution in [2.75, 3.05) is 115 Å². The Kier molecular flexibility index (Phi) is 15.4. The second-order valence-corrected chi connectivity index (χ2v) is 8.69. The van der Waals surface area contributed by atoms with Crippen molar-refractivity contribution in [3.8, 4) is 0 Å². The molecule has 0 atom stereocenters. The summed E-state index contributed by atoms with van der Waals surface area (Å²) >= 11 is 0. The molecule has 0 bridgehead atoms. The molecule has 0 aromatic heterocycles. The molecular weight excluding hydrogens is 488 g/mol. The molecule has 0 aliphatic carbocycles. The predicted octanol–water partition coefficient (Wildman–Crippen LogP) is 2.93. The topological polar surface area (TPSA) is 78.9 Å². The Labute approximate surface area is 226 Å². The molecular formula is C29H42N2O7. The number of benzene rings is 2. The van der Waals surface area contributed by atoms with Gasteiger partial charge in [-0.1, -0.05) is 18.2 Å². The molecule has 9 nitrogen and oxygen atoms in total. The summed E-state index contributed by atoms with van der Waals surface area (Å²) in [5.74, 6) is 0. The molecule has 3 rings (SSSR count). The van der Waals surface area contributed by atoms with Gasteiger partial charge in [0.05, 0.1) is 79.3 Å². The molecule has 0 spiro atoms. The van der Waals surface area contributed by atoms with Gasteiger partial charge in [-0.05, 0) is 36.4 Å². The standard InChI is InChI=1S/C29H42N2O7/c32-26-27-6-8-29(9-7-27)31-12-16-35-20-24-37-22-18-33-14-10-30(28-4-2-1-3-5-28)11-15-34-19-23-38-25-21-36-17-13-31/h1-9,26H,10-25H2. The summed E-state index contributed by atoms with van der Waals surface area (Å²) in [6, 6.07) is 17.8. The van der Waals surface area contributed by atoms with Gasteiger partial charge in [0.2, 0.25) is 0 Å². The van der Waals surface area contributed by atoms with E-state index in [1.807, 2.05) is 42.5 Å². The molecule has 1 saturated heterocycles. The number of aldehydes is 1. The van der Waals surface area contributed by atoms with Gasteiger partial charge in [0.1, 0.15) is 6.29 Å². The van der Waals surface area contributed by atoms with Gasteiger partial charge in [-0.2, -0.15) is 0 Å². The van der Waals surface area contributed by atoms with E-state index < -0.39 is 0 Å². The third-order valence-electron chi connectivity index (χ3n) is 6.03. The quantitative estimate of drug-likeness (QED) is 0.557. The van der Waals surface area contributed by atoms with Crippen LogP contribution in [-0.2, 0) is 28.4 Å². The van der Waals surface area contributed by atoms with Gasteiger partial charge in [-0.3, -0.25) is 4.79 Å². The van der Waals surface area contributed by atoms with Crippen LogP contribution in [0.1, 0.15) is 10.4 Å². The summed E-state index contributed by atoms with van der Waals surface area (Å²) in [6.45, 7) is 9.55. The summed E-state index contributed by atoms with van der Waals surface area (Å²) in [5, 5.41) is 0. The predicted molar refractivity (Wildman–Crippen MR) is 148 cm³/mol. The van der Waals surface area contributed by atoms with E-state index in [0.29, 0.717) is 97.9 Å². The Morgan fingerprint density at radius 1 is 0.447 bits per heavy atom. The first-order chi connectivity index (χ1) is 18.9. The first-order valence-corrected chi connectivity index (χ1v) is 13.4. The fourth-order valence-corrected chi connectivity index (χ4v) is 3.93. The SMILES string of the molecule is O=Cc1ccc(N2CCOCCOCCOCCN(c3ccccc3)CCOCCOCCOCC2)cc1. The second kappa shape index (κ2) is 19.5. The highest BCUT2D eigenvalue weighted by atomic mass is 16.5. The number of para-hydroxylation sites is 1.